The fourth-order valence-electron chi connectivity index (χ4n) is 2.20. The molecule has 1 aliphatic rings. The highest BCUT2D eigenvalue weighted by Crippen LogP contribution is 2.39. The highest BCUT2D eigenvalue weighted by Gasteiger charge is 2.37. The van der Waals surface area contributed by atoms with Crippen LogP contribution in [0.2, 0.25) is 0 Å². The standard InChI is InChI=1S/C17H12FNO3S/c1-22-14-5-3-2-4-13(14)19-16(20)15(23-17(19)21)10-11-6-8-12(18)9-7-11/h2-10H,1H3. The minimum atomic E-state index is -0.422. The Morgan fingerprint density at radius 1 is 1.09 bits per heavy atom. The van der Waals surface area contributed by atoms with Crippen LogP contribution in [0.3, 0.4) is 0 Å². The van der Waals surface area contributed by atoms with Gasteiger partial charge >= 0.3 is 0 Å². The zero-order valence-electron chi connectivity index (χ0n) is 12.2. The Balaban J connectivity index is 1.95. The topological polar surface area (TPSA) is 46.6 Å². The Bertz CT molecular complexity index is 802. The van der Waals surface area contributed by atoms with E-state index >= 15 is 0 Å². The van der Waals surface area contributed by atoms with Crippen molar-refractivity contribution in [2.75, 3.05) is 12.0 Å². The lowest BCUT2D eigenvalue weighted by Crippen LogP contribution is -2.28. The fourth-order valence-corrected chi connectivity index (χ4v) is 3.03. The van der Waals surface area contributed by atoms with Crippen molar-refractivity contribution in [1.82, 2.24) is 0 Å². The molecule has 0 aliphatic carbocycles. The molecule has 1 fully saturated rings. The van der Waals surface area contributed by atoms with Gasteiger partial charge in [0.2, 0.25) is 0 Å². The van der Waals surface area contributed by atoms with E-state index in [1.807, 2.05) is 0 Å². The summed E-state index contributed by atoms with van der Waals surface area (Å²) in [5, 5.41) is -0.395. The monoisotopic (exact) mass is 329 g/mol. The van der Waals surface area contributed by atoms with Crippen LogP contribution in [0.1, 0.15) is 5.56 Å². The lowest BCUT2D eigenvalue weighted by Gasteiger charge is -2.15. The third kappa shape index (κ3) is 2.98. The zero-order valence-corrected chi connectivity index (χ0v) is 13.0. The van der Waals surface area contributed by atoms with Gasteiger partial charge in [0, 0.05) is 0 Å². The van der Waals surface area contributed by atoms with Gasteiger partial charge in [-0.15, -0.1) is 0 Å². The highest BCUT2D eigenvalue weighted by atomic mass is 32.2. The summed E-state index contributed by atoms with van der Waals surface area (Å²) in [6, 6.07) is 12.5. The Hall–Kier alpha value is -2.60. The van der Waals surface area contributed by atoms with Crippen molar-refractivity contribution in [3.8, 4) is 5.75 Å². The number of carbonyl (C=O) groups is 2. The van der Waals surface area contributed by atoms with Crippen molar-refractivity contribution < 1.29 is 18.7 Å². The molecule has 2 aromatic rings. The summed E-state index contributed by atoms with van der Waals surface area (Å²) in [5.41, 5.74) is 1.05. The average Bonchev–Trinajstić information content (AvgIpc) is 2.83. The van der Waals surface area contributed by atoms with Gasteiger partial charge in [0.05, 0.1) is 17.7 Å². The smallest absolute Gasteiger partial charge is 0.298 e. The minimum absolute atomic E-state index is 0.285. The summed E-state index contributed by atoms with van der Waals surface area (Å²) >= 11 is 0.844. The molecule has 4 nitrogen and oxygen atoms in total. The predicted molar refractivity (Wildman–Crippen MR) is 87.8 cm³/mol. The van der Waals surface area contributed by atoms with E-state index in [-0.39, 0.29) is 10.7 Å². The molecule has 1 heterocycles. The lowest BCUT2D eigenvalue weighted by molar-refractivity contribution is -0.113. The molecule has 0 radical (unpaired) electrons. The Morgan fingerprint density at radius 3 is 2.48 bits per heavy atom. The molecule has 0 spiro atoms. The van der Waals surface area contributed by atoms with Crippen molar-refractivity contribution in [3.05, 3.63) is 64.8 Å². The van der Waals surface area contributed by atoms with Crippen molar-refractivity contribution in [3.63, 3.8) is 0 Å². The molecule has 3 rings (SSSR count). The summed E-state index contributed by atoms with van der Waals surface area (Å²) < 4.78 is 18.1. The van der Waals surface area contributed by atoms with E-state index < -0.39 is 11.1 Å². The van der Waals surface area contributed by atoms with Gasteiger partial charge in [0.1, 0.15) is 11.6 Å². The van der Waals surface area contributed by atoms with Crippen molar-refractivity contribution in [2.45, 2.75) is 0 Å². The van der Waals surface area contributed by atoms with Gasteiger partial charge in [0.25, 0.3) is 11.1 Å². The number of amides is 2. The SMILES string of the molecule is COc1ccccc1N1C(=O)SC(=Cc2ccc(F)cc2)C1=O. The number of nitrogens with zero attached hydrogens (tertiary/aromatic N) is 1. The molecule has 2 amide bonds. The molecule has 0 atom stereocenters. The number of para-hydroxylation sites is 2. The number of carbonyl (C=O) groups excluding carboxylic acids is 2. The zero-order chi connectivity index (χ0) is 16.4. The summed E-state index contributed by atoms with van der Waals surface area (Å²) in [4.78, 5) is 26.1. The second-order valence-electron chi connectivity index (χ2n) is 4.74. The number of anilines is 1. The van der Waals surface area contributed by atoms with E-state index in [9.17, 15) is 14.0 Å². The van der Waals surface area contributed by atoms with E-state index in [0.29, 0.717) is 17.0 Å². The maximum absolute atomic E-state index is 12.9. The lowest BCUT2D eigenvalue weighted by atomic mass is 10.2. The van der Waals surface area contributed by atoms with E-state index in [2.05, 4.69) is 0 Å². The van der Waals surface area contributed by atoms with Gasteiger partial charge in [-0.05, 0) is 47.7 Å². The largest absolute Gasteiger partial charge is 0.495 e. The summed E-state index contributed by atoms with van der Waals surface area (Å²) in [6.45, 7) is 0. The first-order chi connectivity index (χ1) is 11.1. The summed E-state index contributed by atoms with van der Waals surface area (Å²) in [6.07, 6.45) is 1.57. The number of hydrogen-bond acceptors (Lipinski definition) is 4. The predicted octanol–water partition coefficient (Wildman–Crippen LogP) is 4.08. The van der Waals surface area contributed by atoms with Crippen LogP contribution in [0.5, 0.6) is 5.75 Å². The van der Waals surface area contributed by atoms with Crippen LogP contribution in [0.4, 0.5) is 14.9 Å². The molecular formula is C17H12FNO3S. The number of benzene rings is 2. The number of methoxy groups -OCH3 is 1. The van der Waals surface area contributed by atoms with Crippen molar-refractivity contribution >= 4 is 34.7 Å². The summed E-state index contributed by atoms with van der Waals surface area (Å²) in [5.74, 6) is -0.337. The van der Waals surface area contributed by atoms with Crippen LogP contribution in [-0.2, 0) is 4.79 Å². The molecular weight excluding hydrogens is 317 g/mol. The maximum atomic E-state index is 12.9. The first kappa shape index (κ1) is 15.3. The van der Waals surface area contributed by atoms with Crippen LogP contribution < -0.4 is 9.64 Å². The third-order valence-electron chi connectivity index (χ3n) is 3.29. The quantitative estimate of drug-likeness (QED) is 0.796. The van der Waals surface area contributed by atoms with Gasteiger partial charge < -0.3 is 4.74 Å². The number of rotatable bonds is 3. The van der Waals surface area contributed by atoms with Gasteiger partial charge in [-0.3, -0.25) is 9.59 Å². The average molecular weight is 329 g/mol. The molecule has 23 heavy (non-hydrogen) atoms. The molecule has 0 bridgehead atoms. The second kappa shape index (κ2) is 6.26. The molecule has 116 valence electrons. The maximum Gasteiger partial charge on any atom is 0.298 e. The van der Waals surface area contributed by atoms with Crippen LogP contribution in [0.15, 0.2) is 53.4 Å². The third-order valence-corrected chi connectivity index (χ3v) is 4.16. The number of thioether (sulfide) groups is 1. The van der Waals surface area contributed by atoms with Gasteiger partial charge in [-0.1, -0.05) is 24.3 Å². The van der Waals surface area contributed by atoms with Crippen molar-refractivity contribution in [2.24, 2.45) is 0 Å². The van der Waals surface area contributed by atoms with Crippen LogP contribution in [0.25, 0.3) is 6.08 Å². The fraction of sp³-hybridized carbons (Fsp3) is 0.0588. The molecule has 0 N–H and O–H groups in total. The molecule has 0 unspecified atom stereocenters. The second-order valence-corrected chi connectivity index (χ2v) is 5.73. The molecule has 1 aliphatic heterocycles. The summed E-state index contributed by atoms with van der Waals surface area (Å²) in [7, 11) is 1.48. The van der Waals surface area contributed by atoms with E-state index in [1.54, 1.807) is 42.5 Å². The minimum Gasteiger partial charge on any atom is -0.495 e. The molecule has 1 saturated heterocycles. The molecule has 0 aromatic heterocycles. The normalized spacial score (nSPS) is 16.3. The Morgan fingerprint density at radius 2 is 1.78 bits per heavy atom. The van der Waals surface area contributed by atoms with Crippen LogP contribution in [0, 0.1) is 5.82 Å². The van der Waals surface area contributed by atoms with E-state index in [1.165, 1.54) is 19.2 Å². The first-order valence-corrected chi connectivity index (χ1v) is 7.58. The molecule has 0 saturated carbocycles. The van der Waals surface area contributed by atoms with Crippen LogP contribution >= 0.6 is 11.8 Å². The molecule has 2 aromatic carbocycles. The molecule has 6 heteroatoms. The number of imide groups is 1. The van der Waals surface area contributed by atoms with Gasteiger partial charge in [0.15, 0.2) is 0 Å². The van der Waals surface area contributed by atoms with E-state index in [4.69, 9.17) is 4.74 Å². The van der Waals surface area contributed by atoms with Crippen LogP contribution in [-0.4, -0.2) is 18.3 Å². The van der Waals surface area contributed by atoms with Gasteiger partial charge in [-0.2, -0.15) is 0 Å². The number of halogens is 1. The Labute approximate surface area is 136 Å². The van der Waals surface area contributed by atoms with Gasteiger partial charge in [-0.25, -0.2) is 9.29 Å². The Kier molecular flexibility index (Phi) is 4.16. The van der Waals surface area contributed by atoms with Crippen molar-refractivity contribution in [1.29, 1.82) is 0 Å². The highest BCUT2D eigenvalue weighted by molar-refractivity contribution is 8.19. The van der Waals surface area contributed by atoms with E-state index in [0.717, 1.165) is 16.7 Å². The number of hydrogen-bond donors (Lipinski definition) is 0. The first-order valence-electron chi connectivity index (χ1n) is 6.76. The number of ether oxygens (including phenoxy) is 1.